The van der Waals surface area contributed by atoms with Crippen molar-refractivity contribution in [2.45, 2.75) is 45.4 Å². The minimum absolute atomic E-state index is 0.0701. The van der Waals surface area contributed by atoms with Crippen LogP contribution in [0.4, 0.5) is 0 Å². The van der Waals surface area contributed by atoms with Crippen molar-refractivity contribution in [2.24, 2.45) is 0 Å². The summed E-state index contributed by atoms with van der Waals surface area (Å²) < 4.78 is 5.29. The van der Waals surface area contributed by atoms with Gasteiger partial charge in [-0.25, -0.2) is 9.97 Å². The van der Waals surface area contributed by atoms with Gasteiger partial charge in [0.1, 0.15) is 5.82 Å². The molecule has 1 atom stereocenters. The normalized spacial score (nSPS) is 18.2. The number of nitrogens with zero attached hydrogens (tertiary/aromatic N) is 5. The number of likely N-dealkylation sites (tertiary alicyclic amines) is 1. The van der Waals surface area contributed by atoms with Crippen LogP contribution >= 0.6 is 11.6 Å². The molecule has 8 heteroatoms. The van der Waals surface area contributed by atoms with E-state index in [0.717, 1.165) is 12.8 Å². The van der Waals surface area contributed by atoms with Crippen LogP contribution in [0, 0.1) is 6.92 Å². The van der Waals surface area contributed by atoms with Crippen molar-refractivity contribution in [1.82, 2.24) is 25.0 Å². The lowest BCUT2D eigenvalue weighted by atomic mass is 9.97. The number of hydrogen-bond acceptors (Lipinski definition) is 6. The summed E-state index contributed by atoms with van der Waals surface area (Å²) in [7, 11) is 0. The van der Waals surface area contributed by atoms with Gasteiger partial charge in [-0.2, -0.15) is 4.98 Å². The maximum Gasteiger partial charge on any atom is 0.274 e. The van der Waals surface area contributed by atoms with E-state index in [2.05, 4.69) is 20.1 Å². The Morgan fingerprint density at radius 1 is 1.42 bits per heavy atom. The Morgan fingerprint density at radius 3 is 2.92 bits per heavy atom. The fourth-order valence-corrected chi connectivity index (χ4v) is 2.95. The molecule has 0 saturated carbocycles. The van der Waals surface area contributed by atoms with Gasteiger partial charge in [0.2, 0.25) is 5.89 Å². The second-order valence-electron chi connectivity index (χ2n) is 6.35. The average Bonchev–Trinajstić information content (AvgIpc) is 3.07. The Bertz CT molecular complexity index is 746. The van der Waals surface area contributed by atoms with Gasteiger partial charge in [-0.1, -0.05) is 30.6 Å². The molecule has 7 nitrogen and oxygen atoms in total. The first-order chi connectivity index (χ1) is 11.5. The highest BCUT2D eigenvalue weighted by atomic mass is 35.5. The number of carbonyl (C=O) groups excluding carboxylic acids is 1. The van der Waals surface area contributed by atoms with Gasteiger partial charge in [-0.3, -0.25) is 4.79 Å². The van der Waals surface area contributed by atoms with E-state index in [0.29, 0.717) is 30.6 Å². The number of carbonyl (C=O) groups is 1. The molecule has 0 bridgehead atoms. The van der Waals surface area contributed by atoms with Crippen LogP contribution in [-0.2, 0) is 0 Å². The van der Waals surface area contributed by atoms with E-state index in [9.17, 15) is 4.79 Å². The van der Waals surface area contributed by atoms with E-state index in [1.165, 1.54) is 6.20 Å². The summed E-state index contributed by atoms with van der Waals surface area (Å²) in [5, 5.41) is 4.36. The molecule has 0 aromatic carbocycles. The number of aryl methyl sites for hydroxylation is 1. The van der Waals surface area contributed by atoms with E-state index < -0.39 is 0 Å². The van der Waals surface area contributed by atoms with Crippen LogP contribution in [0.1, 0.15) is 66.6 Å². The lowest BCUT2D eigenvalue weighted by Gasteiger charge is -2.31. The first kappa shape index (κ1) is 16.8. The minimum Gasteiger partial charge on any atom is -0.339 e. The molecular weight excluding hydrogens is 330 g/mol. The van der Waals surface area contributed by atoms with Gasteiger partial charge in [0.05, 0.1) is 11.2 Å². The quantitative estimate of drug-likeness (QED) is 0.846. The Kier molecular flexibility index (Phi) is 4.80. The highest BCUT2D eigenvalue weighted by molar-refractivity contribution is 6.33. The standard InChI is InChI=1S/C16H20ClN5O2/c1-9(2)15-20-14(21-24-15)11-5-4-6-22(8-11)16(23)13-12(17)7-18-10(3)19-13/h7,9,11H,4-6,8H2,1-3H3/t11-/m1/s1. The van der Waals surface area contributed by atoms with E-state index in [1.807, 2.05) is 13.8 Å². The SMILES string of the molecule is Cc1ncc(Cl)c(C(=O)N2CCC[C@@H](c3noc(C(C)C)n3)C2)n1. The van der Waals surface area contributed by atoms with Crippen LogP contribution in [0.25, 0.3) is 0 Å². The molecule has 0 aliphatic carbocycles. The van der Waals surface area contributed by atoms with Crippen LogP contribution in [0.3, 0.4) is 0 Å². The number of aromatic nitrogens is 4. The molecule has 1 amide bonds. The summed E-state index contributed by atoms with van der Waals surface area (Å²) in [5.41, 5.74) is 0.251. The second-order valence-corrected chi connectivity index (χ2v) is 6.76. The van der Waals surface area contributed by atoms with Crippen LogP contribution < -0.4 is 0 Å². The van der Waals surface area contributed by atoms with Crippen molar-refractivity contribution >= 4 is 17.5 Å². The fraction of sp³-hybridized carbons (Fsp3) is 0.562. The summed E-state index contributed by atoms with van der Waals surface area (Å²) in [5.74, 6) is 1.90. The maximum absolute atomic E-state index is 12.8. The third kappa shape index (κ3) is 3.40. The van der Waals surface area contributed by atoms with Crippen LogP contribution in [-0.4, -0.2) is 44.0 Å². The predicted molar refractivity (Wildman–Crippen MR) is 88.0 cm³/mol. The zero-order valence-electron chi connectivity index (χ0n) is 14.0. The zero-order chi connectivity index (χ0) is 17.3. The molecule has 1 saturated heterocycles. The van der Waals surface area contributed by atoms with Crippen molar-refractivity contribution in [1.29, 1.82) is 0 Å². The Labute approximate surface area is 145 Å². The fourth-order valence-electron chi connectivity index (χ4n) is 2.77. The molecule has 1 aliphatic rings. The van der Waals surface area contributed by atoms with E-state index in [4.69, 9.17) is 16.1 Å². The van der Waals surface area contributed by atoms with E-state index >= 15 is 0 Å². The molecule has 2 aromatic rings. The van der Waals surface area contributed by atoms with Crippen molar-refractivity contribution < 1.29 is 9.32 Å². The molecule has 24 heavy (non-hydrogen) atoms. The zero-order valence-corrected chi connectivity index (χ0v) is 14.7. The Hall–Kier alpha value is -2.02. The first-order valence-electron chi connectivity index (χ1n) is 8.07. The summed E-state index contributed by atoms with van der Waals surface area (Å²) in [6, 6.07) is 0. The van der Waals surface area contributed by atoms with Crippen molar-refractivity contribution in [3.8, 4) is 0 Å². The molecule has 3 rings (SSSR count). The van der Waals surface area contributed by atoms with Crippen LogP contribution in [0.2, 0.25) is 5.02 Å². The van der Waals surface area contributed by atoms with Gasteiger partial charge in [0.25, 0.3) is 5.91 Å². The number of rotatable bonds is 3. The molecule has 1 aliphatic heterocycles. The summed E-state index contributed by atoms with van der Waals surface area (Å²) in [6.45, 7) is 6.96. The number of hydrogen-bond donors (Lipinski definition) is 0. The lowest BCUT2D eigenvalue weighted by Crippen LogP contribution is -2.40. The third-order valence-electron chi connectivity index (χ3n) is 4.09. The summed E-state index contributed by atoms with van der Waals surface area (Å²) in [4.78, 5) is 27.2. The molecule has 2 aromatic heterocycles. The van der Waals surface area contributed by atoms with Crippen LogP contribution in [0.5, 0.6) is 0 Å². The Balaban J connectivity index is 1.77. The van der Waals surface area contributed by atoms with Crippen LogP contribution in [0.15, 0.2) is 10.7 Å². The van der Waals surface area contributed by atoms with Crippen molar-refractivity contribution in [3.05, 3.63) is 34.5 Å². The third-order valence-corrected chi connectivity index (χ3v) is 4.37. The summed E-state index contributed by atoms with van der Waals surface area (Å²) >= 11 is 6.09. The topological polar surface area (TPSA) is 85.0 Å². The van der Waals surface area contributed by atoms with Crippen molar-refractivity contribution in [2.75, 3.05) is 13.1 Å². The number of piperidine rings is 1. The van der Waals surface area contributed by atoms with E-state index in [1.54, 1.807) is 11.8 Å². The second kappa shape index (κ2) is 6.84. The monoisotopic (exact) mass is 349 g/mol. The molecule has 0 N–H and O–H groups in total. The van der Waals surface area contributed by atoms with Gasteiger partial charge in [0.15, 0.2) is 11.5 Å². The average molecular weight is 350 g/mol. The number of amides is 1. The van der Waals surface area contributed by atoms with Gasteiger partial charge < -0.3 is 9.42 Å². The number of halogens is 1. The summed E-state index contributed by atoms with van der Waals surface area (Å²) in [6.07, 6.45) is 3.27. The maximum atomic E-state index is 12.8. The first-order valence-corrected chi connectivity index (χ1v) is 8.45. The molecule has 0 spiro atoms. The molecule has 1 fully saturated rings. The molecule has 3 heterocycles. The largest absolute Gasteiger partial charge is 0.339 e. The predicted octanol–water partition coefficient (Wildman–Crippen LogP) is 2.96. The molecule has 0 unspecified atom stereocenters. The van der Waals surface area contributed by atoms with Crippen molar-refractivity contribution in [3.63, 3.8) is 0 Å². The molecular formula is C16H20ClN5O2. The van der Waals surface area contributed by atoms with Gasteiger partial charge >= 0.3 is 0 Å². The lowest BCUT2D eigenvalue weighted by molar-refractivity contribution is 0.0697. The highest BCUT2D eigenvalue weighted by Gasteiger charge is 2.30. The smallest absolute Gasteiger partial charge is 0.274 e. The van der Waals surface area contributed by atoms with E-state index in [-0.39, 0.29) is 28.5 Å². The van der Waals surface area contributed by atoms with Gasteiger partial charge in [-0.15, -0.1) is 0 Å². The van der Waals surface area contributed by atoms with Gasteiger partial charge in [0, 0.05) is 24.9 Å². The molecule has 0 radical (unpaired) electrons. The Morgan fingerprint density at radius 2 is 2.21 bits per heavy atom. The van der Waals surface area contributed by atoms with Gasteiger partial charge in [-0.05, 0) is 19.8 Å². The minimum atomic E-state index is -0.178. The molecule has 128 valence electrons. The highest BCUT2D eigenvalue weighted by Crippen LogP contribution is 2.27.